The maximum atomic E-state index is 9.97. The highest BCUT2D eigenvalue weighted by molar-refractivity contribution is 5.85. The first kappa shape index (κ1) is 12.6. The molecule has 0 bridgehead atoms. The number of β-amino-alcohol motifs (C(OH)–C–C–N with tert-alkyl or cyclic N) is 1. The standard InChI is InChI=1S/C12H22N2O.ClH/c15-11-8-14(9-12(11)3-4-12)7-10-1-5-13-6-2-10;/h10-11,13,15H,1-9H2;1H. The van der Waals surface area contributed by atoms with Gasteiger partial charge in [-0.3, -0.25) is 4.90 Å². The van der Waals surface area contributed by atoms with Crippen molar-refractivity contribution in [2.24, 2.45) is 11.3 Å². The van der Waals surface area contributed by atoms with E-state index >= 15 is 0 Å². The van der Waals surface area contributed by atoms with Gasteiger partial charge in [0.2, 0.25) is 0 Å². The zero-order valence-electron chi connectivity index (χ0n) is 9.82. The number of rotatable bonds is 2. The van der Waals surface area contributed by atoms with Crippen LogP contribution in [-0.2, 0) is 0 Å². The van der Waals surface area contributed by atoms with E-state index in [0.717, 1.165) is 19.0 Å². The summed E-state index contributed by atoms with van der Waals surface area (Å²) < 4.78 is 0. The van der Waals surface area contributed by atoms with E-state index in [1.165, 1.54) is 45.3 Å². The Morgan fingerprint density at radius 3 is 2.50 bits per heavy atom. The van der Waals surface area contributed by atoms with Gasteiger partial charge in [-0.05, 0) is 44.7 Å². The van der Waals surface area contributed by atoms with Crippen LogP contribution in [0.3, 0.4) is 0 Å². The maximum absolute atomic E-state index is 9.97. The second kappa shape index (κ2) is 4.81. The number of likely N-dealkylation sites (tertiary alicyclic amines) is 1. The van der Waals surface area contributed by atoms with E-state index in [1.54, 1.807) is 0 Å². The molecule has 0 aromatic carbocycles. The Kier molecular flexibility index (Phi) is 3.79. The van der Waals surface area contributed by atoms with Gasteiger partial charge in [-0.25, -0.2) is 0 Å². The molecule has 3 fully saturated rings. The summed E-state index contributed by atoms with van der Waals surface area (Å²) in [6.45, 7) is 5.70. The summed E-state index contributed by atoms with van der Waals surface area (Å²) in [5, 5.41) is 13.4. The third-order valence-electron chi connectivity index (χ3n) is 4.54. The van der Waals surface area contributed by atoms with Crippen molar-refractivity contribution in [3.05, 3.63) is 0 Å². The second-order valence-corrected chi connectivity index (χ2v) is 5.77. The second-order valence-electron chi connectivity index (χ2n) is 5.77. The third kappa shape index (κ3) is 2.37. The fourth-order valence-corrected chi connectivity index (χ4v) is 3.27. The molecule has 3 rings (SSSR count). The maximum Gasteiger partial charge on any atom is 0.0735 e. The van der Waals surface area contributed by atoms with Crippen LogP contribution in [0.1, 0.15) is 25.7 Å². The van der Waals surface area contributed by atoms with Crippen LogP contribution in [0.2, 0.25) is 0 Å². The van der Waals surface area contributed by atoms with Gasteiger partial charge in [0.1, 0.15) is 0 Å². The monoisotopic (exact) mass is 246 g/mol. The Balaban J connectivity index is 0.000000963. The predicted octanol–water partition coefficient (Wildman–Crippen LogP) is 0.864. The summed E-state index contributed by atoms with van der Waals surface area (Å²) in [6, 6.07) is 0. The van der Waals surface area contributed by atoms with Crippen LogP contribution in [0.25, 0.3) is 0 Å². The lowest BCUT2D eigenvalue weighted by molar-refractivity contribution is 0.129. The van der Waals surface area contributed by atoms with Crippen LogP contribution in [-0.4, -0.2) is 48.8 Å². The normalized spacial score (nSPS) is 33.9. The molecular weight excluding hydrogens is 224 g/mol. The van der Waals surface area contributed by atoms with Crippen molar-refractivity contribution >= 4 is 12.4 Å². The van der Waals surface area contributed by atoms with E-state index < -0.39 is 0 Å². The molecule has 3 nitrogen and oxygen atoms in total. The summed E-state index contributed by atoms with van der Waals surface area (Å²) in [5.41, 5.74) is 0.340. The summed E-state index contributed by atoms with van der Waals surface area (Å²) in [7, 11) is 0. The average molecular weight is 247 g/mol. The van der Waals surface area contributed by atoms with Crippen LogP contribution in [0, 0.1) is 11.3 Å². The fourth-order valence-electron chi connectivity index (χ4n) is 3.27. The highest BCUT2D eigenvalue weighted by Crippen LogP contribution is 2.52. The summed E-state index contributed by atoms with van der Waals surface area (Å²) in [4.78, 5) is 2.51. The molecular formula is C12H23ClN2O. The van der Waals surface area contributed by atoms with Gasteiger partial charge in [0.25, 0.3) is 0 Å². The number of nitrogens with one attached hydrogen (secondary N) is 1. The highest BCUT2D eigenvalue weighted by atomic mass is 35.5. The quantitative estimate of drug-likeness (QED) is 0.759. The molecule has 1 aliphatic carbocycles. The van der Waals surface area contributed by atoms with Crippen molar-refractivity contribution < 1.29 is 5.11 Å². The molecule has 0 aromatic rings. The molecule has 0 amide bonds. The molecule has 16 heavy (non-hydrogen) atoms. The van der Waals surface area contributed by atoms with Gasteiger partial charge >= 0.3 is 0 Å². The highest BCUT2D eigenvalue weighted by Gasteiger charge is 2.54. The molecule has 2 heterocycles. The summed E-state index contributed by atoms with van der Waals surface area (Å²) in [5.74, 6) is 0.868. The van der Waals surface area contributed by atoms with Gasteiger partial charge in [-0.2, -0.15) is 0 Å². The van der Waals surface area contributed by atoms with E-state index in [1.807, 2.05) is 0 Å². The number of aliphatic hydroxyl groups is 1. The molecule has 1 unspecified atom stereocenters. The molecule has 0 radical (unpaired) electrons. The molecule has 1 saturated carbocycles. The number of nitrogens with zero attached hydrogens (tertiary/aromatic N) is 1. The Morgan fingerprint density at radius 1 is 1.25 bits per heavy atom. The van der Waals surface area contributed by atoms with E-state index in [4.69, 9.17) is 0 Å². The predicted molar refractivity (Wildman–Crippen MR) is 67.0 cm³/mol. The number of piperidine rings is 1. The Morgan fingerprint density at radius 2 is 1.94 bits per heavy atom. The number of halogens is 1. The van der Waals surface area contributed by atoms with Gasteiger partial charge in [-0.15, -0.1) is 12.4 Å². The Bertz CT molecular complexity index is 239. The topological polar surface area (TPSA) is 35.5 Å². The summed E-state index contributed by atoms with van der Waals surface area (Å²) in [6.07, 6.45) is 5.13. The minimum Gasteiger partial charge on any atom is -0.391 e. The molecule has 94 valence electrons. The van der Waals surface area contributed by atoms with Crippen molar-refractivity contribution in [1.82, 2.24) is 10.2 Å². The van der Waals surface area contributed by atoms with Crippen molar-refractivity contribution in [2.75, 3.05) is 32.7 Å². The summed E-state index contributed by atoms with van der Waals surface area (Å²) >= 11 is 0. The first-order chi connectivity index (χ1) is 7.28. The molecule has 2 saturated heterocycles. The fraction of sp³-hybridized carbons (Fsp3) is 1.00. The lowest BCUT2D eigenvalue weighted by Gasteiger charge is -2.27. The Labute approximate surface area is 104 Å². The first-order valence-corrected chi connectivity index (χ1v) is 6.40. The van der Waals surface area contributed by atoms with Crippen LogP contribution < -0.4 is 5.32 Å². The third-order valence-corrected chi connectivity index (χ3v) is 4.54. The average Bonchev–Trinajstić information content (AvgIpc) is 2.93. The van der Waals surface area contributed by atoms with Gasteiger partial charge < -0.3 is 10.4 Å². The smallest absolute Gasteiger partial charge is 0.0735 e. The van der Waals surface area contributed by atoms with Gasteiger partial charge in [-0.1, -0.05) is 0 Å². The van der Waals surface area contributed by atoms with Crippen LogP contribution >= 0.6 is 12.4 Å². The van der Waals surface area contributed by atoms with Gasteiger partial charge in [0.15, 0.2) is 0 Å². The number of aliphatic hydroxyl groups excluding tert-OH is 1. The molecule has 1 atom stereocenters. The van der Waals surface area contributed by atoms with E-state index in [-0.39, 0.29) is 18.5 Å². The minimum atomic E-state index is -0.0285. The molecule has 2 N–H and O–H groups in total. The van der Waals surface area contributed by atoms with Gasteiger partial charge in [0.05, 0.1) is 6.10 Å². The van der Waals surface area contributed by atoms with Crippen LogP contribution in [0.5, 0.6) is 0 Å². The minimum absolute atomic E-state index is 0. The van der Waals surface area contributed by atoms with Crippen molar-refractivity contribution in [1.29, 1.82) is 0 Å². The Hall–Kier alpha value is 0.170. The zero-order valence-corrected chi connectivity index (χ0v) is 10.6. The number of hydrogen-bond donors (Lipinski definition) is 2. The van der Waals surface area contributed by atoms with Crippen molar-refractivity contribution in [3.8, 4) is 0 Å². The largest absolute Gasteiger partial charge is 0.391 e. The SMILES string of the molecule is Cl.OC1CN(CC2CCNCC2)CC12CC2. The van der Waals surface area contributed by atoms with E-state index in [9.17, 15) is 5.11 Å². The van der Waals surface area contributed by atoms with E-state index in [2.05, 4.69) is 10.2 Å². The molecule has 1 spiro atoms. The molecule has 4 heteroatoms. The lowest BCUT2D eigenvalue weighted by atomic mass is 9.97. The number of hydrogen-bond acceptors (Lipinski definition) is 3. The molecule has 0 aromatic heterocycles. The molecule has 2 aliphatic heterocycles. The first-order valence-electron chi connectivity index (χ1n) is 6.40. The lowest BCUT2D eigenvalue weighted by Crippen LogP contribution is -2.35. The molecule has 3 aliphatic rings. The van der Waals surface area contributed by atoms with Crippen LogP contribution in [0.15, 0.2) is 0 Å². The van der Waals surface area contributed by atoms with Crippen molar-refractivity contribution in [2.45, 2.75) is 31.8 Å². The van der Waals surface area contributed by atoms with Crippen molar-refractivity contribution in [3.63, 3.8) is 0 Å². The zero-order chi connectivity index (χ0) is 10.3. The van der Waals surface area contributed by atoms with Gasteiger partial charge in [0, 0.05) is 25.0 Å². The van der Waals surface area contributed by atoms with Crippen LogP contribution in [0.4, 0.5) is 0 Å². The van der Waals surface area contributed by atoms with E-state index in [0.29, 0.717) is 5.41 Å².